The topological polar surface area (TPSA) is 32.5 Å². The summed E-state index contributed by atoms with van der Waals surface area (Å²) in [7, 11) is 1.98. The van der Waals surface area contributed by atoms with Crippen molar-refractivity contribution in [2.45, 2.75) is 32.2 Å². The summed E-state index contributed by atoms with van der Waals surface area (Å²) in [6, 6.07) is 6.03. The smallest absolute Gasteiger partial charge is 0.146 e. The Balaban J connectivity index is 2.03. The van der Waals surface area contributed by atoms with E-state index in [9.17, 15) is 4.39 Å². The number of benzene rings is 1. The highest BCUT2D eigenvalue weighted by atomic mass is 19.1. The molecule has 1 aromatic carbocycles. The minimum absolute atomic E-state index is 0.139. The van der Waals surface area contributed by atoms with Crippen LogP contribution in [0.1, 0.15) is 25.3 Å². The van der Waals surface area contributed by atoms with Crippen molar-refractivity contribution in [3.63, 3.8) is 0 Å². The van der Waals surface area contributed by atoms with Crippen LogP contribution in [0.25, 0.3) is 0 Å². The van der Waals surface area contributed by atoms with Crippen molar-refractivity contribution in [2.24, 2.45) is 5.73 Å². The second-order valence-corrected chi connectivity index (χ2v) is 5.63. The lowest BCUT2D eigenvalue weighted by Crippen LogP contribution is -2.39. The summed E-state index contributed by atoms with van der Waals surface area (Å²) in [5.41, 5.74) is 7.17. The van der Waals surface area contributed by atoms with E-state index in [1.54, 1.807) is 6.07 Å². The van der Waals surface area contributed by atoms with Gasteiger partial charge in [-0.2, -0.15) is 0 Å². The van der Waals surface area contributed by atoms with Crippen LogP contribution in [0.2, 0.25) is 0 Å². The molecular weight excluding hydrogens is 253 g/mol. The molecule has 2 N–H and O–H groups in total. The van der Waals surface area contributed by atoms with Crippen molar-refractivity contribution < 1.29 is 4.39 Å². The molecule has 2 rings (SSSR count). The van der Waals surface area contributed by atoms with Crippen LogP contribution in [0.5, 0.6) is 0 Å². The molecule has 0 spiro atoms. The summed E-state index contributed by atoms with van der Waals surface area (Å²) in [4.78, 5) is 4.53. The Morgan fingerprint density at radius 1 is 1.45 bits per heavy atom. The maximum Gasteiger partial charge on any atom is 0.146 e. The zero-order valence-corrected chi connectivity index (χ0v) is 12.6. The average Bonchev–Trinajstić information content (AvgIpc) is 2.86. The zero-order valence-electron chi connectivity index (χ0n) is 12.6. The van der Waals surface area contributed by atoms with E-state index >= 15 is 0 Å². The van der Waals surface area contributed by atoms with Crippen molar-refractivity contribution in [1.82, 2.24) is 4.90 Å². The minimum Gasteiger partial charge on any atom is -0.371 e. The van der Waals surface area contributed by atoms with Gasteiger partial charge in [0, 0.05) is 19.6 Å². The lowest BCUT2D eigenvalue weighted by molar-refractivity contribution is 0.270. The Morgan fingerprint density at radius 2 is 2.25 bits per heavy atom. The van der Waals surface area contributed by atoms with Gasteiger partial charge in [-0.3, -0.25) is 4.90 Å². The molecule has 1 saturated heterocycles. The quantitative estimate of drug-likeness (QED) is 0.867. The molecule has 1 aliphatic heterocycles. The average molecular weight is 279 g/mol. The third-order valence-electron chi connectivity index (χ3n) is 4.25. The van der Waals surface area contributed by atoms with E-state index in [0.717, 1.165) is 25.1 Å². The maximum absolute atomic E-state index is 14.2. The molecule has 3 nitrogen and oxygen atoms in total. The van der Waals surface area contributed by atoms with Gasteiger partial charge in [0.15, 0.2) is 0 Å². The van der Waals surface area contributed by atoms with Crippen molar-refractivity contribution in [3.05, 3.63) is 29.6 Å². The number of halogens is 1. The second kappa shape index (κ2) is 7.04. The van der Waals surface area contributed by atoms with Crippen molar-refractivity contribution in [1.29, 1.82) is 0 Å². The van der Waals surface area contributed by atoms with Gasteiger partial charge in [-0.25, -0.2) is 4.39 Å². The van der Waals surface area contributed by atoms with Gasteiger partial charge in [-0.05, 0) is 56.6 Å². The molecule has 0 aliphatic carbocycles. The minimum atomic E-state index is -0.139. The highest BCUT2D eigenvalue weighted by Crippen LogP contribution is 2.23. The number of rotatable bonds is 6. The summed E-state index contributed by atoms with van der Waals surface area (Å²) in [6.45, 7) is 5.90. The number of likely N-dealkylation sites (N-methyl/N-ethyl adjacent to an activating group) is 2. The van der Waals surface area contributed by atoms with Crippen LogP contribution in [-0.4, -0.2) is 44.2 Å². The molecule has 1 fully saturated rings. The third-order valence-corrected chi connectivity index (χ3v) is 4.25. The molecule has 0 amide bonds. The van der Waals surface area contributed by atoms with Gasteiger partial charge in [0.1, 0.15) is 5.82 Å². The fourth-order valence-corrected chi connectivity index (χ4v) is 3.11. The van der Waals surface area contributed by atoms with Gasteiger partial charge in [0.2, 0.25) is 0 Å². The molecule has 112 valence electrons. The molecule has 1 aliphatic rings. The van der Waals surface area contributed by atoms with E-state index in [4.69, 9.17) is 5.73 Å². The van der Waals surface area contributed by atoms with Crippen LogP contribution in [0.4, 0.5) is 10.1 Å². The van der Waals surface area contributed by atoms with Gasteiger partial charge in [0.05, 0.1) is 5.69 Å². The molecule has 0 radical (unpaired) electrons. The second-order valence-electron chi connectivity index (χ2n) is 5.63. The summed E-state index contributed by atoms with van der Waals surface area (Å²) in [5.74, 6) is -0.139. The predicted molar refractivity (Wildman–Crippen MR) is 82.7 cm³/mol. The molecule has 0 bridgehead atoms. The molecule has 1 heterocycles. The van der Waals surface area contributed by atoms with E-state index in [0.29, 0.717) is 18.3 Å². The molecule has 1 aromatic rings. The number of likely N-dealkylation sites (tertiary alicyclic amines) is 1. The van der Waals surface area contributed by atoms with E-state index < -0.39 is 0 Å². The summed E-state index contributed by atoms with van der Waals surface area (Å²) in [6.07, 6.45) is 3.20. The molecule has 1 atom stereocenters. The first-order valence-corrected chi connectivity index (χ1v) is 7.59. The van der Waals surface area contributed by atoms with E-state index in [2.05, 4.69) is 11.8 Å². The first-order chi connectivity index (χ1) is 9.65. The van der Waals surface area contributed by atoms with Gasteiger partial charge in [-0.1, -0.05) is 13.0 Å². The molecule has 0 aromatic heterocycles. The van der Waals surface area contributed by atoms with Crippen molar-refractivity contribution in [3.8, 4) is 0 Å². The molecule has 0 saturated carbocycles. The zero-order chi connectivity index (χ0) is 14.5. The first kappa shape index (κ1) is 15.3. The summed E-state index contributed by atoms with van der Waals surface area (Å²) >= 11 is 0. The van der Waals surface area contributed by atoms with E-state index in [-0.39, 0.29) is 5.82 Å². The normalized spacial score (nSPS) is 19.5. The largest absolute Gasteiger partial charge is 0.371 e. The number of hydrogen-bond donors (Lipinski definition) is 1. The first-order valence-electron chi connectivity index (χ1n) is 7.59. The fraction of sp³-hybridized carbons (Fsp3) is 0.625. The number of nitrogens with two attached hydrogens (primary N) is 1. The molecule has 4 heteroatoms. The Kier molecular flexibility index (Phi) is 5.38. The van der Waals surface area contributed by atoms with Crippen LogP contribution in [0.15, 0.2) is 18.2 Å². The van der Waals surface area contributed by atoms with Crippen LogP contribution in [-0.2, 0) is 6.42 Å². The predicted octanol–water partition coefficient (Wildman–Crippen LogP) is 2.25. The lowest BCUT2D eigenvalue weighted by atomic mass is 10.1. The Bertz CT molecular complexity index is 436. The van der Waals surface area contributed by atoms with Crippen LogP contribution in [0, 0.1) is 5.82 Å². The van der Waals surface area contributed by atoms with Gasteiger partial charge < -0.3 is 10.6 Å². The van der Waals surface area contributed by atoms with Crippen molar-refractivity contribution >= 4 is 5.69 Å². The highest BCUT2D eigenvalue weighted by molar-refractivity contribution is 5.48. The van der Waals surface area contributed by atoms with Crippen LogP contribution >= 0.6 is 0 Å². The molecule has 20 heavy (non-hydrogen) atoms. The number of nitrogens with zero attached hydrogens (tertiary/aromatic N) is 2. The van der Waals surface area contributed by atoms with Gasteiger partial charge >= 0.3 is 0 Å². The Labute approximate surface area is 121 Å². The summed E-state index contributed by atoms with van der Waals surface area (Å²) < 4.78 is 14.2. The van der Waals surface area contributed by atoms with Gasteiger partial charge in [0.25, 0.3) is 0 Å². The highest BCUT2D eigenvalue weighted by Gasteiger charge is 2.24. The lowest BCUT2D eigenvalue weighted by Gasteiger charge is -2.29. The number of hydrogen-bond acceptors (Lipinski definition) is 3. The van der Waals surface area contributed by atoms with E-state index in [1.807, 2.05) is 24.1 Å². The van der Waals surface area contributed by atoms with E-state index in [1.165, 1.54) is 19.4 Å². The standard InChI is InChI=1S/C16H26FN3/c1-3-20-10-4-5-14(20)12-19(2)16-7-6-13(8-9-18)11-15(16)17/h6-7,11,14H,3-5,8-10,12,18H2,1-2H3. The van der Waals surface area contributed by atoms with Crippen LogP contribution < -0.4 is 10.6 Å². The Morgan fingerprint density at radius 3 is 2.90 bits per heavy atom. The monoisotopic (exact) mass is 279 g/mol. The third kappa shape index (κ3) is 3.49. The van der Waals surface area contributed by atoms with Crippen molar-refractivity contribution in [2.75, 3.05) is 38.1 Å². The Hall–Kier alpha value is -1.13. The van der Waals surface area contributed by atoms with Crippen LogP contribution in [0.3, 0.4) is 0 Å². The molecule has 1 unspecified atom stereocenters. The molecular formula is C16H26FN3. The fourth-order valence-electron chi connectivity index (χ4n) is 3.11. The van der Waals surface area contributed by atoms with Gasteiger partial charge in [-0.15, -0.1) is 0 Å². The maximum atomic E-state index is 14.2. The number of anilines is 1. The summed E-state index contributed by atoms with van der Waals surface area (Å²) in [5, 5.41) is 0. The SMILES string of the molecule is CCN1CCCC1CN(C)c1ccc(CCN)cc1F.